The molecular weight excluding hydrogens is 234 g/mol. The third-order valence-electron chi connectivity index (χ3n) is 2.46. The topological polar surface area (TPSA) is 50.2 Å². The van der Waals surface area contributed by atoms with Gasteiger partial charge in [-0.05, 0) is 43.6 Å². The lowest BCUT2D eigenvalue weighted by Crippen LogP contribution is -2.06. The van der Waals surface area contributed by atoms with Gasteiger partial charge >= 0.3 is 5.97 Å². The van der Waals surface area contributed by atoms with Crippen LogP contribution in [0.4, 0.5) is 0 Å². The summed E-state index contributed by atoms with van der Waals surface area (Å²) in [6.07, 6.45) is 1.07. The molecule has 0 atom stereocenters. The molecule has 0 aliphatic heterocycles. The van der Waals surface area contributed by atoms with Gasteiger partial charge in [0.05, 0.1) is 5.56 Å². The highest BCUT2D eigenvalue weighted by atomic mass is 32.2. The van der Waals surface area contributed by atoms with E-state index in [0.29, 0.717) is 16.5 Å². The van der Waals surface area contributed by atoms with E-state index in [9.17, 15) is 9.90 Å². The number of carbonyl (C=O) groups is 1. The van der Waals surface area contributed by atoms with Crippen molar-refractivity contribution in [2.75, 3.05) is 5.75 Å². The molecule has 94 valence electrons. The van der Waals surface area contributed by atoms with Crippen LogP contribution in [0.25, 0.3) is 0 Å². The Labute approximate surface area is 107 Å². The zero-order valence-corrected chi connectivity index (χ0v) is 11.6. The molecule has 0 amide bonds. The molecule has 0 aromatic carbocycles. The largest absolute Gasteiger partial charge is 0.478 e. The lowest BCUT2D eigenvalue weighted by molar-refractivity contribution is 0.0691. The van der Waals surface area contributed by atoms with Crippen molar-refractivity contribution in [1.82, 2.24) is 4.98 Å². The fraction of sp³-hybridized carbons (Fsp3) is 0.538. The molecule has 1 N–H and O–H groups in total. The van der Waals surface area contributed by atoms with Gasteiger partial charge < -0.3 is 5.11 Å². The summed E-state index contributed by atoms with van der Waals surface area (Å²) in [5.74, 6) is 0.650. The molecule has 0 saturated carbocycles. The molecular formula is C13H19NO2S. The summed E-state index contributed by atoms with van der Waals surface area (Å²) in [6.45, 7) is 8.04. The maximum absolute atomic E-state index is 11.2. The first-order valence-corrected chi connectivity index (χ1v) is 6.74. The van der Waals surface area contributed by atoms with E-state index < -0.39 is 5.97 Å². The molecule has 1 heterocycles. The van der Waals surface area contributed by atoms with E-state index in [0.717, 1.165) is 23.4 Å². The van der Waals surface area contributed by atoms with Crippen LogP contribution < -0.4 is 0 Å². The second kappa shape index (κ2) is 6.05. The lowest BCUT2D eigenvalue weighted by Gasteiger charge is -2.10. The second-order valence-corrected chi connectivity index (χ2v) is 5.68. The predicted octanol–water partition coefficient (Wildman–Crippen LogP) is 3.53. The number of thioether (sulfide) groups is 1. The van der Waals surface area contributed by atoms with Gasteiger partial charge in [-0.1, -0.05) is 13.8 Å². The van der Waals surface area contributed by atoms with E-state index in [1.54, 1.807) is 11.8 Å². The molecule has 1 rings (SSSR count). The number of hydrogen-bond acceptors (Lipinski definition) is 3. The number of aromatic carboxylic acids is 1. The number of pyridine rings is 1. The van der Waals surface area contributed by atoms with Gasteiger partial charge in [0.1, 0.15) is 5.03 Å². The summed E-state index contributed by atoms with van der Waals surface area (Å²) in [7, 11) is 0. The van der Waals surface area contributed by atoms with Crippen LogP contribution in [0.3, 0.4) is 0 Å². The van der Waals surface area contributed by atoms with Crippen LogP contribution in [0.15, 0.2) is 11.1 Å². The van der Waals surface area contributed by atoms with Gasteiger partial charge in [0.15, 0.2) is 0 Å². The average molecular weight is 253 g/mol. The number of aromatic nitrogens is 1. The van der Waals surface area contributed by atoms with Crippen LogP contribution in [-0.2, 0) is 0 Å². The Hall–Kier alpha value is -1.03. The lowest BCUT2D eigenvalue weighted by atomic mass is 10.1. The van der Waals surface area contributed by atoms with Crippen LogP contribution in [0.2, 0.25) is 0 Å². The quantitative estimate of drug-likeness (QED) is 0.815. The van der Waals surface area contributed by atoms with E-state index >= 15 is 0 Å². The summed E-state index contributed by atoms with van der Waals surface area (Å²) >= 11 is 1.54. The number of carboxylic acids is 1. The second-order valence-electron chi connectivity index (χ2n) is 4.60. The highest BCUT2D eigenvalue weighted by Gasteiger charge is 2.15. The molecule has 0 aliphatic carbocycles. The summed E-state index contributed by atoms with van der Waals surface area (Å²) in [6, 6.07) is 1.82. The first-order chi connectivity index (χ1) is 7.91. The van der Waals surface area contributed by atoms with Gasteiger partial charge in [0.2, 0.25) is 0 Å². The predicted molar refractivity (Wildman–Crippen MR) is 70.8 cm³/mol. The van der Waals surface area contributed by atoms with Crippen molar-refractivity contribution in [2.45, 2.75) is 39.1 Å². The van der Waals surface area contributed by atoms with Crippen LogP contribution in [0, 0.1) is 19.8 Å². The van der Waals surface area contributed by atoms with Crippen molar-refractivity contribution in [3.05, 3.63) is 22.9 Å². The standard InChI is InChI=1S/C13H19NO2S/c1-8(2)5-6-17-12-11(13(15)16)9(3)7-10(4)14-12/h7-8H,5-6H2,1-4H3,(H,15,16). The van der Waals surface area contributed by atoms with Crippen molar-refractivity contribution in [1.29, 1.82) is 0 Å². The molecule has 0 radical (unpaired) electrons. The van der Waals surface area contributed by atoms with E-state index in [2.05, 4.69) is 18.8 Å². The van der Waals surface area contributed by atoms with Gasteiger partial charge in [0, 0.05) is 5.69 Å². The third kappa shape index (κ3) is 4.04. The van der Waals surface area contributed by atoms with Gasteiger partial charge in [-0.25, -0.2) is 9.78 Å². The number of aryl methyl sites for hydroxylation is 2. The minimum absolute atomic E-state index is 0.351. The minimum Gasteiger partial charge on any atom is -0.478 e. The molecule has 0 spiro atoms. The highest BCUT2D eigenvalue weighted by molar-refractivity contribution is 7.99. The molecule has 1 aromatic rings. The average Bonchev–Trinajstić information content (AvgIpc) is 2.14. The number of carboxylic acid groups (broad SMARTS) is 1. The van der Waals surface area contributed by atoms with Crippen LogP contribution in [0.5, 0.6) is 0 Å². The Morgan fingerprint density at radius 3 is 2.65 bits per heavy atom. The maximum atomic E-state index is 11.2. The summed E-state index contributed by atoms with van der Waals surface area (Å²) in [5, 5.41) is 9.84. The highest BCUT2D eigenvalue weighted by Crippen LogP contribution is 2.25. The monoisotopic (exact) mass is 253 g/mol. The van der Waals surface area contributed by atoms with Gasteiger partial charge in [-0.15, -0.1) is 11.8 Å². The molecule has 0 aliphatic rings. The molecule has 0 unspecified atom stereocenters. The molecule has 1 aromatic heterocycles. The van der Waals surface area contributed by atoms with E-state index in [-0.39, 0.29) is 0 Å². The van der Waals surface area contributed by atoms with Gasteiger partial charge in [-0.2, -0.15) is 0 Å². The van der Waals surface area contributed by atoms with Crippen molar-refractivity contribution >= 4 is 17.7 Å². The Bertz CT molecular complexity index is 416. The molecule has 4 heteroatoms. The Morgan fingerprint density at radius 1 is 1.47 bits per heavy atom. The fourth-order valence-electron chi connectivity index (χ4n) is 1.56. The number of hydrogen-bond donors (Lipinski definition) is 1. The van der Waals surface area contributed by atoms with E-state index in [1.807, 2.05) is 19.9 Å². The minimum atomic E-state index is -0.887. The van der Waals surface area contributed by atoms with Crippen molar-refractivity contribution < 1.29 is 9.90 Å². The molecule has 3 nitrogen and oxygen atoms in total. The van der Waals surface area contributed by atoms with Crippen molar-refractivity contribution in [3.8, 4) is 0 Å². The van der Waals surface area contributed by atoms with Crippen molar-refractivity contribution in [2.24, 2.45) is 5.92 Å². The Kier molecular flexibility index (Phi) is 5.00. The summed E-state index contributed by atoms with van der Waals surface area (Å²) in [5.41, 5.74) is 2.01. The van der Waals surface area contributed by atoms with E-state index in [1.165, 1.54) is 0 Å². The van der Waals surface area contributed by atoms with Crippen LogP contribution in [0.1, 0.15) is 41.9 Å². The fourth-order valence-corrected chi connectivity index (χ4v) is 2.94. The first-order valence-electron chi connectivity index (χ1n) is 5.76. The smallest absolute Gasteiger partial charge is 0.338 e. The first kappa shape index (κ1) is 14.0. The molecule has 0 fully saturated rings. The van der Waals surface area contributed by atoms with Crippen LogP contribution in [-0.4, -0.2) is 21.8 Å². The van der Waals surface area contributed by atoms with Gasteiger partial charge in [0.25, 0.3) is 0 Å². The molecule has 17 heavy (non-hydrogen) atoms. The SMILES string of the molecule is Cc1cc(C)c(C(=O)O)c(SCCC(C)C)n1. The normalized spacial score (nSPS) is 10.9. The third-order valence-corrected chi connectivity index (χ3v) is 3.47. The van der Waals surface area contributed by atoms with Gasteiger partial charge in [-0.3, -0.25) is 0 Å². The summed E-state index contributed by atoms with van der Waals surface area (Å²) in [4.78, 5) is 15.5. The Balaban J connectivity index is 2.92. The molecule has 0 saturated heterocycles. The zero-order chi connectivity index (χ0) is 13.0. The Morgan fingerprint density at radius 2 is 2.12 bits per heavy atom. The zero-order valence-electron chi connectivity index (χ0n) is 10.8. The van der Waals surface area contributed by atoms with Crippen molar-refractivity contribution in [3.63, 3.8) is 0 Å². The maximum Gasteiger partial charge on any atom is 0.338 e. The van der Waals surface area contributed by atoms with E-state index in [4.69, 9.17) is 0 Å². The number of nitrogens with zero attached hydrogens (tertiary/aromatic N) is 1. The summed E-state index contributed by atoms with van der Waals surface area (Å²) < 4.78 is 0. The number of rotatable bonds is 5. The van der Waals surface area contributed by atoms with Crippen LogP contribution >= 0.6 is 11.8 Å². The molecule has 0 bridgehead atoms.